The summed E-state index contributed by atoms with van der Waals surface area (Å²) in [5.74, 6) is -0.980. The number of carbonyl (C=O) groups is 2. The molecule has 0 radical (unpaired) electrons. The van der Waals surface area contributed by atoms with Crippen molar-refractivity contribution >= 4 is 11.9 Å². The van der Waals surface area contributed by atoms with Gasteiger partial charge in [-0.25, -0.2) is 4.79 Å². The zero-order valence-corrected chi connectivity index (χ0v) is 11.8. The maximum absolute atomic E-state index is 12.2. The van der Waals surface area contributed by atoms with Crippen LogP contribution in [0.1, 0.15) is 32.1 Å². The Morgan fingerprint density at radius 1 is 1.45 bits per heavy atom. The maximum atomic E-state index is 12.2. The van der Waals surface area contributed by atoms with Gasteiger partial charge in [0.05, 0.1) is 7.11 Å². The van der Waals surface area contributed by atoms with E-state index in [2.05, 4.69) is 4.74 Å². The normalized spacial score (nSPS) is 21.6. The molecule has 0 aliphatic carbocycles. The van der Waals surface area contributed by atoms with Crippen molar-refractivity contribution in [1.29, 1.82) is 0 Å². The van der Waals surface area contributed by atoms with E-state index in [0.717, 1.165) is 0 Å². The van der Waals surface area contributed by atoms with E-state index >= 15 is 0 Å². The Bertz CT molecular complexity index is 337. The topological polar surface area (TPSA) is 113 Å². The molecule has 1 rings (SSSR count). The first-order valence-corrected chi connectivity index (χ1v) is 6.95. The summed E-state index contributed by atoms with van der Waals surface area (Å²) in [6.45, 7) is 0.492. The molecule has 0 saturated carbocycles. The molecule has 7 heteroatoms. The zero-order chi connectivity index (χ0) is 15.1. The van der Waals surface area contributed by atoms with Crippen LogP contribution in [-0.4, -0.2) is 65.4 Å². The van der Waals surface area contributed by atoms with Gasteiger partial charge >= 0.3 is 5.97 Å². The van der Waals surface area contributed by atoms with Crippen LogP contribution in [-0.2, 0) is 14.3 Å². The maximum Gasteiger partial charge on any atom is 0.328 e. The number of aliphatic hydroxyl groups excluding tert-OH is 2. The van der Waals surface area contributed by atoms with Gasteiger partial charge in [0.1, 0.15) is 12.1 Å². The van der Waals surface area contributed by atoms with E-state index in [1.165, 1.54) is 12.0 Å². The Morgan fingerprint density at radius 3 is 2.75 bits per heavy atom. The Labute approximate surface area is 118 Å². The number of hydrogen-bond acceptors (Lipinski definition) is 6. The van der Waals surface area contributed by atoms with Crippen molar-refractivity contribution in [2.75, 3.05) is 20.3 Å². The van der Waals surface area contributed by atoms with Gasteiger partial charge in [-0.05, 0) is 32.1 Å². The number of unbranched alkanes of at least 4 members (excludes halogenated alkanes) is 1. The van der Waals surface area contributed by atoms with Gasteiger partial charge in [0.25, 0.3) is 5.91 Å². The van der Waals surface area contributed by atoms with Gasteiger partial charge < -0.3 is 25.6 Å². The van der Waals surface area contributed by atoms with Gasteiger partial charge in [-0.3, -0.25) is 4.79 Å². The number of amides is 1. The minimum Gasteiger partial charge on any atom is -0.467 e. The van der Waals surface area contributed by atoms with Crippen LogP contribution in [0.3, 0.4) is 0 Å². The van der Waals surface area contributed by atoms with Gasteiger partial charge in [0.2, 0.25) is 0 Å². The lowest BCUT2D eigenvalue weighted by Crippen LogP contribution is -2.51. The standard InChI is InChI=1S/C13H24N2O5/c1-20-13(19)10-6-4-7-15(10)12(18)11(17)9(14)5-2-3-8-16/h9-11,16-17H,2-8,14H2,1H3/t9-,10+,11+/m1/s1. The number of nitrogens with two attached hydrogens (primary N) is 1. The van der Waals surface area contributed by atoms with Crippen LogP contribution in [0.4, 0.5) is 0 Å². The van der Waals surface area contributed by atoms with Crippen LogP contribution >= 0.6 is 0 Å². The third kappa shape index (κ3) is 4.16. The van der Waals surface area contributed by atoms with Crippen LogP contribution in [0.25, 0.3) is 0 Å². The summed E-state index contributed by atoms with van der Waals surface area (Å²) in [5, 5.41) is 18.7. The van der Waals surface area contributed by atoms with E-state index in [4.69, 9.17) is 10.8 Å². The third-order valence-corrected chi connectivity index (χ3v) is 3.61. The summed E-state index contributed by atoms with van der Waals surface area (Å²) in [7, 11) is 1.28. The Hall–Kier alpha value is -1.18. The van der Waals surface area contributed by atoms with Crippen molar-refractivity contribution in [3.05, 3.63) is 0 Å². The number of nitrogens with zero attached hydrogens (tertiary/aromatic N) is 1. The molecule has 1 fully saturated rings. The lowest BCUT2D eigenvalue weighted by atomic mass is 10.0. The van der Waals surface area contributed by atoms with Crippen molar-refractivity contribution in [2.45, 2.75) is 50.3 Å². The first-order chi connectivity index (χ1) is 9.52. The molecule has 116 valence electrons. The number of rotatable bonds is 7. The lowest BCUT2D eigenvalue weighted by molar-refractivity contribution is -0.154. The summed E-state index contributed by atoms with van der Waals surface area (Å²) in [4.78, 5) is 25.1. The second kappa shape index (κ2) is 8.18. The SMILES string of the molecule is COC(=O)[C@@H]1CCCN1C(=O)[C@@H](O)[C@H](N)CCCCO. The molecule has 4 N–H and O–H groups in total. The van der Waals surface area contributed by atoms with Crippen molar-refractivity contribution in [3.63, 3.8) is 0 Å². The molecule has 0 aromatic carbocycles. The van der Waals surface area contributed by atoms with E-state index in [1.807, 2.05) is 0 Å². The molecule has 0 unspecified atom stereocenters. The van der Waals surface area contributed by atoms with Gasteiger partial charge in [0.15, 0.2) is 0 Å². The number of esters is 1. The number of carbonyl (C=O) groups excluding carboxylic acids is 2. The fourth-order valence-electron chi connectivity index (χ4n) is 2.41. The van der Waals surface area contributed by atoms with Crippen LogP contribution < -0.4 is 5.73 Å². The highest BCUT2D eigenvalue weighted by Gasteiger charge is 2.38. The molecule has 0 aromatic heterocycles. The number of ether oxygens (including phenoxy) is 1. The smallest absolute Gasteiger partial charge is 0.328 e. The number of methoxy groups -OCH3 is 1. The van der Waals surface area contributed by atoms with E-state index in [0.29, 0.717) is 38.6 Å². The van der Waals surface area contributed by atoms with Crippen molar-refractivity contribution < 1.29 is 24.5 Å². The second-order valence-electron chi connectivity index (χ2n) is 5.04. The zero-order valence-electron chi connectivity index (χ0n) is 11.8. The largest absolute Gasteiger partial charge is 0.467 e. The lowest BCUT2D eigenvalue weighted by Gasteiger charge is -2.27. The summed E-state index contributed by atoms with van der Waals surface area (Å²) in [5.41, 5.74) is 5.79. The average molecular weight is 288 g/mol. The minimum absolute atomic E-state index is 0.0628. The van der Waals surface area contributed by atoms with Crippen LogP contribution in [0.2, 0.25) is 0 Å². The molecule has 0 bridgehead atoms. The molecule has 1 saturated heterocycles. The molecule has 1 heterocycles. The quantitative estimate of drug-likeness (QED) is 0.409. The number of aliphatic hydroxyl groups is 2. The van der Waals surface area contributed by atoms with E-state index in [9.17, 15) is 14.7 Å². The highest BCUT2D eigenvalue weighted by molar-refractivity contribution is 5.87. The summed E-state index contributed by atoms with van der Waals surface area (Å²) in [6.07, 6.45) is 1.61. The van der Waals surface area contributed by atoms with E-state index < -0.39 is 30.1 Å². The van der Waals surface area contributed by atoms with Gasteiger partial charge in [-0.15, -0.1) is 0 Å². The first-order valence-electron chi connectivity index (χ1n) is 6.95. The Morgan fingerprint density at radius 2 is 2.15 bits per heavy atom. The molecule has 3 atom stereocenters. The molecule has 0 spiro atoms. The predicted molar refractivity (Wildman–Crippen MR) is 71.7 cm³/mol. The minimum atomic E-state index is -1.32. The van der Waals surface area contributed by atoms with Gasteiger partial charge in [-0.2, -0.15) is 0 Å². The highest BCUT2D eigenvalue weighted by Crippen LogP contribution is 2.20. The van der Waals surface area contributed by atoms with E-state index in [-0.39, 0.29) is 6.61 Å². The van der Waals surface area contributed by atoms with Gasteiger partial charge in [-0.1, -0.05) is 0 Å². The van der Waals surface area contributed by atoms with Crippen molar-refractivity contribution in [2.24, 2.45) is 5.73 Å². The van der Waals surface area contributed by atoms with Crippen LogP contribution in [0.15, 0.2) is 0 Å². The molecule has 7 nitrogen and oxygen atoms in total. The van der Waals surface area contributed by atoms with Gasteiger partial charge in [0, 0.05) is 19.2 Å². The highest BCUT2D eigenvalue weighted by atomic mass is 16.5. The fourth-order valence-corrected chi connectivity index (χ4v) is 2.41. The van der Waals surface area contributed by atoms with Crippen molar-refractivity contribution in [3.8, 4) is 0 Å². The number of hydrogen-bond donors (Lipinski definition) is 3. The van der Waals surface area contributed by atoms with Crippen LogP contribution in [0, 0.1) is 0 Å². The monoisotopic (exact) mass is 288 g/mol. The Balaban J connectivity index is 2.56. The van der Waals surface area contributed by atoms with Crippen molar-refractivity contribution in [1.82, 2.24) is 4.90 Å². The average Bonchev–Trinajstić information content (AvgIpc) is 2.94. The third-order valence-electron chi connectivity index (χ3n) is 3.61. The molecular formula is C13H24N2O5. The fraction of sp³-hybridized carbons (Fsp3) is 0.846. The second-order valence-corrected chi connectivity index (χ2v) is 5.04. The molecule has 1 aliphatic heterocycles. The molecular weight excluding hydrogens is 264 g/mol. The molecule has 1 amide bonds. The summed E-state index contributed by atoms with van der Waals surface area (Å²) in [6, 6.07) is -1.31. The molecule has 0 aromatic rings. The summed E-state index contributed by atoms with van der Waals surface area (Å²) >= 11 is 0. The Kier molecular flexibility index (Phi) is 6.90. The molecule has 20 heavy (non-hydrogen) atoms. The molecule has 1 aliphatic rings. The van der Waals surface area contributed by atoms with E-state index in [1.54, 1.807) is 0 Å². The first kappa shape index (κ1) is 16.9. The number of likely N-dealkylation sites (tertiary alicyclic amines) is 1. The van der Waals surface area contributed by atoms with Crippen LogP contribution in [0.5, 0.6) is 0 Å². The summed E-state index contributed by atoms with van der Waals surface area (Å²) < 4.78 is 4.66. The predicted octanol–water partition coefficient (Wildman–Crippen LogP) is -0.999.